The molecule has 0 aliphatic carbocycles. The quantitative estimate of drug-likeness (QED) is 0.881. The van der Waals surface area contributed by atoms with Gasteiger partial charge in [-0.1, -0.05) is 6.92 Å². The van der Waals surface area contributed by atoms with Crippen molar-refractivity contribution in [3.63, 3.8) is 0 Å². The zero-order chi connectivity index (χ0) is 12.4. The fraction of sp³-hybridized carbons (Fsp3) is 0.500. The first kappa shape index (κ1) is 12.1. The fourth-order valence-electron chi connectivity index (χ4n) is 1.94. The highest BCUT2D eigenvalue weighted by atomic mass is 32.1. The lowest BCUT2D eigenvalue weighted by atomic mass is 10.1. The minimum absolute atomic E-state index is 0.0256. The van der Waals surface area contributed by atoms with Gasteiger partial charge in [-0.05, 0) is 35.2 Å². The van der Waals surface area contributed by atoms with Gasteiger partial charge in [0, 0.05) is 6.54 Å². The maximum Gasteiger partial charge on any atom is 0.245 e. The van der Waals surface area contributed by atoms with Gasteiger partial charge in [-0.15, -0.1) is 0 Å². The summed E-state index contributed by atoms with van der Waals surface area (Å²) in [5.74, 6) is -0.0398. The van der Waals surface area contributed by atoms with Gasteiger partial charge in [-0.3, -0.25) is 9.59 Å². The number of hydrogen-bond acceptors (Lipinski definition) is 3. The van der Waals surface area contributed by atoms with Gasteiger partial charge in [0.05, 0.1) is 6.54 Å². The first-order valence-corrected chi connectivity index (χ1v) is 6.66. The summed E-state index contributed by atoms with van der Waals surface area (Å²) in [6.45, 7) is 4.64. The number of carbonyl (C=O) groups is 2. The van der Waals surface area contributed by atoms with Crippen molar-refractivity contribution in [2.24, 2.45) is 0 Å². The Balaban J connectivity index is 2.12. The van der Waals surface area contributed by atoms with Gasteiger partial charge < -0.3 is 10.2 Å². The van der Waals surface area contributed by atoms with E-state index in [1.54, 1.807) is 16.2 Å². The molecule has 1 aromatic rings. The smallest absolute Gasteiger partial charge is 0.245 e. The van der Waals surface area contributed by atoms with Crippen LogP contribution in [0.3, 0.4) is 0 Å². The molecule has 0 aromatic carbocycles. The Morgan fingerprint density at radius 2 is 2.24 bits per heavy atom. The molecule has 1 saturated heterocycles. The van der Waals surface area contributed by atoms with Crippen LogP contribution in [-0.2, 0) is 16.1 Å². The second kappa shape index (κ2) is 4.87. The SMILES string of the molecule is CCC1NC(=O)CN(Cc2cscc2C)C1=O. The minimum Gasteiger partial charge on any atom is -0.343 e. The summed E-state index contributed by atoms with van der Waals surface area (Å²) in [5.41, 5.74) is 2.31. The fourth-order valence-corrected chi connectivity index (χ4v) is 2.79. The van der Waals surface area contributed by atoms with Crippen molar-refractivity contribution in [3.05, 3.63) is 21.9 Å². The van der Waals surface area contributed by atoms with Crippen LogP contribution >= 0.6 is 11.3 Å². The van der Waals surface area contributed by atoms with Crippen molar-refractivity contribution in [1.29, 1.82) is 0 Å². The van der Waals surface area contributed by atoms with Gasteiger partial charge in [-0.25, -0.2) is 0 Å². The van der Waals surface area contributed by atoms with Gasteiger partial charge in [0.25, 0.3) is 0 Å². The van der Waals surface area contributed by atoms with Gasteiger partial charge >= 0.3 is 0 Å². The van der Waals surface area contributed by atoms with E-state index in [2.05, 4.69) is 10.7 Å². The topological polar surface area (TPSA) is 49.4 Å². The van der Waals surface area contributed by atoms with Crippen molar-refractivity contribution in [1.82, 2.24) is 10.2 Å². The van der Waals surface area contributed by atoms with Crippen LogP contribution in [0.2, 0.25) is 0 Å². The maximum atomic E-state index is 12.1. The highest BCUT2D eigenvalue weighted by Crippen LogP contribution is 2.17. The average molecular weight is 252 g/mol. The molecular formula is C12H16N2O2S. The van der Waals surface area contributed by atoms with E-state index in [-0.39, 0.29) is 24.4 Å². The van der Waals surface area contributed by atoms with Crippen LogP contribution in [0.4, 0.5) is 0 Å². The molecule has 1 aromatic heterocycles. The molecule has 2 rings (SSSR count). The van der Waals surface area contributed by atoms with Crippen LogP contribution in [0, 0.1) is 6.92 Å². The minimum atomic E-state index is -0.352. The Kier molecular flexibility index (Phi) is 3.47. The Morgan fingerprint density at radius 1 is 1.47 bits per heavy atom. The Labute approximate surface area is 105 Å². The zero-order valence-corrected chi connectivity index (χ0v) is 10.8. The summed E-state index contributed by atoms with van der Waals surface area (Å²) in [4.78, 5) is 25.2. The molecule has 1 N–H and O–H groups in total. The van der Waals surface area contributed by atoms with Gasteiger partial charge in [0.1, 0.15) is 6.04 Å². The number of nitrogens with one attached hydrogen (secondary N) is 1. The Morgan fingerprint density at radius 3 is 2.82 bits per heavy atom. The molecule has 5 heteroatoms. The molecule has 1 aliphatic heterocycles. The third-order valence-corrected chi connectivity index (χ3v) is 3.92. The predicted molar refractivity (Wildman–Crippen MR) is 66.7 cm³/mol. The van der Waals surface area contributed by atoms with Gasteiger partial charge in [-0.2, -0.15) is 11.3 Å². The van der Waals surface area contributed by atoms with Crippen LogP contribution in [0.25, 0.3) is 0 Å². The highest BCUT2D eigenvalue weighted by molar-refractivity contribution is 7.08. The molecular weight excluding hydrogens is 236 g/mol. The summed E-state index contributed by atoms with van der Waals surface area (Å²) >= 11 is 1.62. The van der Waals surface area contributed by atoms with Crippen LogP contribution in [0.1, 0.15) is 24.5 Å². The summed E-state index contributed by atoms with van der Waals surface area (Å²) in [5, 5.41) is 6.81. The molecule has 92 valence electrons. The molecule has 0 radical (unpaired) electrons. The molecule has 0 spiro atoms. The second-order valence-corrected chi connectivity index (χ2v) is 5.05. The van der Waals surface area contributed by atoms with E-state index in [9.17, 15) is 9.59 Å². The van der Waals surface area contributed by atoms with E-state index < -0.39 is 0 Å². The van der Waals surface area contributed by atoms with Crippen molar-refractivity contribution in [2.45, 2.75) is 32.9 Å². The molecule has 1 aliphatic rings. The highest BCUT2D eigenvalue weighted by Gasteiger charge is 2.31. The Hall–Kier alpha value is -1.36. The number of nitrogens with zero attached hydrogens (tertiary/aromatic N) is 1. The van der Waals surface area contributed by atoms with Crippen molar-refractivity contribution >= 4 is 23.2 Å². The lowest BCUT2D eigenvalue weighted by Gasteiger charge is -2.32. The molecule has 2 amide bonds. The number of aryl methyl sites for hydroxylation is 1. The molecule has 0 bridgehead atoms. The summed E-state index contributed by atoms with van der Waals surface area (Å²) in [6, 6.07) is -0.352. The molecule has 1 fully saturated rings. The van der Waals surface area contributed by atoms with Gasteiger partial charge in [0.15, 0.2) is 0 Å². The largest absolute Gasteiger partial charge is 0.343 e. The van der Waals surface area contributed by atoms with E-state index in [0.717, 1.165) is 5.56 Å². The zero-order valence-electron chi connectivity index (χ0n) is 10.0. The maximum absolute atomic E-state index is 12.1. The molecule has 1 atom stereocenters. The first-order valence-electron chi connectivity index (χ1n) is 5.71. The molecule has 1 unspecified atom stereocenters. The summed E-state index contributed by atoms with van der Waals surface area (Å²) < 4.78 is 0. The number of piperazine rings is 1. The van der Waals surface area contributed by atoms with E-state index in [1.165, 1.54) is 5.56 Å². The van der Waals surface area contributed by atoms with Crippen molar-refractivity contribution in [2.75, 3.05) is 6.54 Å². The number of thiophene rings is 1. The van der Waals surface area contributed by atoms with Crippen LogP contribution in [-0.4, -0.2) is 29.3 Å². The van der Waals surface area contributed by atoms with E-state index in [1.807, 2.05) is 19.2 Å². The van der Waals surface area contributed by atoms with E-state index in [0.29, 0.717) is 13.0 Å². The molecule has 2 heterocycles. The standard InChI is InChI=1S/C12H16N2O2S/c1-3-10-12(16)14(5-11(15)13-10)4-9-7-17-6-8(9)2/h6-7,10H,3-5H2,1-2H3,(H,13,15). The van der Waals surface area contributed by atoms with Crippen molar-refractivity contribution < 1.29 is 9.59 Å². The monoisotopic (exact) mass is 252 g/mol. The summed E-state index contributed by atoms with van der Waals surface area (Å²) in [7, 11) is 0. The normalized spacial score (nSPS) is 20.6. The average Bonchev–Trinajstić information content (AvgIpc) is 2.69. The second-order valence-electron chi connectivity index (χ2n) is 4.30. The third-order valence-electron chi connectivity index (χ3n) is 3.01. The number of hydrogen-bond donors (Lipinski definition) is 1. The first-order chi connectivity index (χ1) is 8.11. The number of rotatable bonds is 3. The van der Waals surface area contributed by atoms with E-state index in [4.69, 9.17) is 0 Å². The summed E-state index contributed by atoms with van der Waals surface area (Å²) in [6.07, 6.45) is 0.643. The lowest BCUT2D eigenvalue weighted by Crippen LogP contribution is -2.57. The third kappa shape index (κ3) is 2.49. The van der Waals surface area contributed by atoms with Crippen molar-refractivity contribution in [3.8, 4) is 0 Å². The van der Waals surface area contributed by atoms with E-state index >= 15 is 0 Å². The lowest BCUT2D eigenvalue weighted by molar-refractivity contribution is -0.144. The molecule has 17 heavy (non-hydrogen) atoms. The van der Waals surface area contributed by atoms with Crippen LogP contribution in [0.15, 0.2) is 10.8 Å². The molecule has 4 nitrogen and oxygen atoms in total. The van der Waals surface area contributed by atoms with Crippen LogP contribution < -0.4 is 5.32 Å². The number of amides is 2. The Bertz CT molecular complexity index is 441. The predicted octanol–water partition coefficient (Wildman–Crippen LogP) is 1.29. The van der Waals surface area contributed by atoms with Gasteiger partial charge in [0.2, 0.25) is 11.8 Å². The number of carbonyl (C=O) groups excluding carboxylic acids is 2. The molecule has 0 saturated carbocycles. The van der Waals surface area contributed by atoms with Crippen LogP contribution in [0.5, 0.6) is 0 Å².